The van der Waals surface area contributed by atoms with Crippen LogP contribution in [-0.2, 0) is 4.79 Å². The average molecular weight is 294 g/mol. The van der Waals surface area contributed by atoms with Gasteiger partial charge in [0, 0.05) is 6.42 Å². The Bertz CT molecular complexity index is 518. The van der Waals surface area contributed by atoms with E-state index in [1.54, 1.807) is 6.07 Å². The normalized spacial score (nSPS) is 22.6. The van der Waals surface area contributed by atoms with Crippen molar-refractivity contribution >= 4 is 5.97 Å². The van der Waals surface area contributed by atoms with Crippen molar-refractivity contribution in [3.8, 4) is 0 Å². The molecular weight excluding hydrogens is 274 g/mol. The lowest BCUT2D eigenvalue weighted by atomic mass is 9.78. The van der Waals surface area contributed by atoms with Crippen LogP contribution in [0.15, 0.2) is 30.4 Å². The van der Waals surface area contributed by atoms with Crippen molar-refractivity contribution in [2.24, 2.45) is 5.92 Å². The minimum atomic E-state index is -0.797. The fourth-order valence-corrected chi connectivity index (χ4v) is 2.91. The van der Waals surface area contributed by atoms with E-state index < -0.39 is 17.6 Å². The molecule has 1 N–H and O–H groups in total. The van der Waals surface area contributed by atoms with E-state index in [0.29, 0.717) is 18.3 Å². The summed E-state index contributed by atoms with van der Waals surface area (Å²) in [7, 11) is 0. The second kappa shape index (κ2) is 7.34. The average Bonchev–Trinajstić information content (AvgIpc) is 2.47. The van der Waals surface area contributed by atoms with Crippen molar-refractivity contribution in [3.63, 3.8) is 0 Å². The Balaban J connectivity index is 1.82. The van der Waals surface area contributed by atoms with Gasteiger partial charge in [0.1, 0.15) is 0 Å². The Morgan fingerprint density at radius 3 is 2.52 bits per heavy atom. The highest BCUT2D eigenvalue weighted by atomic mass is 19.2. The third-order valence-corrected chi connectivity index (χ3v) is 4.12. The van der Waals surface area contributed by atoms with Gasteiger partial charge in [0.2, 0.25) is 0 Å². The molecule has 0 radical (unpaired) electrons. The summed E-state index contributed by atoms with van der Waals surface area (Å²) >= 11 is 0. The van der Waals surface area contributed by atoms with Gasteiger partial charge in [-0.1, -0.05) is 18.2 Å². The predicted octanol–water partition coefficient (Wildman–Crippen LogP) is 4.66. The maximum absolute atomic E-state index is 13.2. The molecule has 0 bridgehead atoms. The standard InChI is InChI=1S/C17H20F2O2/c18-15-10-9-14(11-16(15)19)13-7-5-12(6-8-13)3-1-2-4-17(20)21/h1,3,9-13H,2,4-8H2,(H,20,21)/t12-,13-. The SMILES string of the molecule is O=C(O)CCC=C[C@H]1CC[C@H](c2ccc(F)c(F)c2)CC1. The van der Waals surface area contributed by atoms with E-state index in [4.69, 9.17) is 5.11 Å². The van der Waals surface area contributed by atoms with Crippen LogP contribution >= 0.6 is 0 Å². The van der Waals surface area contributed by atoms with E-state index >= 15 is 0 Å². The topological polar surface area (TPSA) is 37.3 Å². The number of carboxylic acids is 1. The van der Waals surface area contributed by atoms with Gasteiger partial charge in [0.15, 0.2) is 11.6 Å². The van der Waals surface area contributed by atoms with Gasteiger partial charge in [0.05, 0.1) is 0 Å². The fourth-order valence-electron chi connectivity index (χ4n) is 2.91. The molecule has 2 rings (SSSR count). The molecule has 1 fully saturated rings. The number of hydrogen-bond acceptors (Lipinski definition) is 1. The molecule has 2 nitrogen and oxygen atoms in total. The maximum Gasteiger partial charge on any atom is 0.303 e. The Morgan fingerprint density at radius 1 is 1.19 bits per heavy atom. The molecule has 21 heavy (non-hydrogen) atoms. The molecule has 1 aliphatic carbocycles. The molecule has 0 unspecified atom stereocenters. The Hall–Kier alpha value is -1.71. The van der Waals surface area contributed by atoms with Gasteiger partial charge in [-0.15, -0.1) is 0 Å². The van der Waals surface area contributed by atoms with Crippen LogP contribution in [0.3, 0.4) is 0 Å². The van der Waals surface area contributed by atoms with Gasteiger partial charge < -0.3 is 5.11 Å². The first kappa shape index (κ1) is 15.7. The van der Waals surface area contributed by atoms with Crippen LogP contribution in [0.25, 0.3) is 0 Å². The lowest BCUT2D eigenvalue weighted by Gasteiger charge is -2.27. The second-order valence-corrected chi connectivity index (χ2v) is 5.65. The smallest absolute Gasteiger partial charge is 0.303 e. The van der Waals surface area contributed by atoms with Gasteiger partial charge >= 0.3 is 5.97 Å². The van der Waals surface area contributed by atoms with Crippen LogP contribution in [0.4, 0.5) is 8.78 Å². The second-order valence-electron chi connectivity index (χ2n) is 5.65. The Morgan fingerprint density at radius 2 is 1.90 bits per heavy atom. The number of hydrogen-bond donors (Lipinski definition) is 1. The van der Waals surface area contributed by atoms with E-state index in [1.165, 1.54) is 12.1 Å². The quantitative estimate of drug-likeness (QED) is 0.802. The number of halogens is 2. The molecule has 1 aliphatic rings. The molecule has 1 saturated carbocycles. The van der Waals surface area contributed by atoms with E-state index in [0.717, 1.165) is 31.2 Å². The van der Waals surface area contributed by atoms with Crippen LogP contribution in [0.1, 0.15) is 50.0 Å². The summed E-state index contributed by atoms with van der Waals surface area (Å²) in [5, 5.41) is 8.56. The van der Waals surface area contributed by atoms with Crippen LogP contribution < -0.4 is 0 Å². The minimum absolute atomic E-state index is 0.167. The van der Waals surface area contributed by atoms with Crippen molar-refractivity contribution in [2.75, 3.05) is 0 Å². The molecule has 0 spiro atoms. The zero-order valence-electron chi connectivity index (χ0n) is 11.9. The van der Waals surface area contributed by atoms with Gasteiger partial charge in [-0.3, -0.25) is 4.79 Å². The van der Waals surface area contributed by atoms with Crippen molar-refractivity contribution in [1.82, 2.24) is 0 Å². The molecule has 0 atom stereocenters. The summed E-state index contributed by atoms with van der Waals surface area (Å²) in [6, 6.07) is 4.18. The Labute approximate surface area is 123 Å². The molecular formula is C17H20F2O2. The zero-order valence-corrected chi connectivity index (χ0v) is 11.9. The highest BCUT2D eigenvalue weighted by Crippen LogP contribution is 2.36. The summed E-state index contributed by atoms with van der Waals surface area (Å²) in [6.45, 7) is 0. The van der Waals surface area contributed by atoms with E-state index in [-0.39, 0.29) is 6.42 Å². The van der Waals surface area contributed by atoms with E-state index in [1.807, 2.05) is 6.08 Å². The molecule has 0 aliphatic heterocycles. The van der Waals surface area contributed by atoms with Gasteiger partial charge in [-0.2, -0.15) is 0 Å². The molecule has 1 aromatic carbocycles. The summed E-state index contributed by atoms with van der Waals surface area (Å²) in [5.41, 5.74) is 0.877. The van der Waals surface area contributed by atoms with Gasteiger partial charge in [-0.25, -0.2) is 8.78 Å². The summed E-state index contributed by atoms with van der Waals surface area (Å²) in [6.07, 6.45) is 8.71. The summed E-state index contributed by atoms with van der Waals surface area (Å²) in [5.74, 6) is -1.58. The van der Waals surface area contributed by atoms with Crippen LogP contribution in [0, 0.1) is 17.6 Å². The van der Waals surface area contributed by atoms with Crippen LogP contribution in [0.5, 0.6) is 0 Å². The van der Waals surface area contributed by atoms with Crippen molar-refractivity contribution < 1.29 is 18.7 Å². The first-order valence-corrected chi connectivity index (χ1v) is 7.39. The van der Waals surface area contributed by atoms with Crippen molar-refractivity contribution in [2.45, 2.75) is 44.4 Å². The Kier molecular flexibility index (Phi) is 5.48. The first-order valence-electron chi connectivity index (χ1n) is 7.39. The molecule has 4 heteroatoms. The molecule has 114 valence electrons. The lowest BCUT2D eigenvalue weighted by molar-refractivity contribution is -0.136. The monoisotopic (exact) mass is 294 g/mol. The number of carbonyl (C=O) groups is 1. The molecule has 0 amide bonds. The number of allylic oxidation sites excluding steroid dienone is 2. The zero-order chi connectivity index (χ0) is 15.2. The van der Waals surface area contributed by atoms with Crippen LogP contribution in [-0.4, -0.2) is 11.1 Å². The third-order valence-electron chi connectivity index (χ3n) is 4.12. The minimum Gasteiger partial charge on any atom is -0.481 e. The highest BCUT2D eigenvalue weighted by Gasteiger charge is 2.21. The highest BCUT2D eigenvalue weighted by molar-refractivity contribution is 5.66. The van der Waals surface area contributed by atoms with Gasteiger partial charge in [-0.05, 0) is 61.6 Å². The largest absolute Gasteiger partial charge is 0.481 e. The van der Waals surface area contributed by atoms with Gasteiger partial charge in [0.25, 0.3) is 0 Å². The molecule has 0 heterocycles. The number of rotatable bonds is 5. The van der Waals surface area contributed by atoms with Crippen molar-refractivity contribution in [3.05, 3.63) is 47.5 Å². The summed E-state index contributed by atoms with van der Waals surface area (Å²) in [4.78, 5) is 10.4. The fraction of sp³-hybridized carbons (Fsp3) is 0.471. The summed E-state index contributed by atoms with van der Waals surface area (Å²) < 4.78 is 26.2. The molecule has 0 aromatic heterocycles. The van der Waals surface area contributed by atoms with E-state index in [9.17, 15) is 13.6 Å². The predicted molar refractivity (Wildman–Crippen MR) is 77.1 cm³/mol. The first-order chi connectivity index (χ1) is 10.1. The van der Waals surface area contributed by atoms with E-state index in [2.05, 4.69) is 6.08 Å². The van der Waals surface area contributed by atoms with Crippen LogP contribution in [0.2, 0.25) is 0 Å². The number of carboxylic acid groups (broad SMARTS) is 1. The van der Waals surface area contributed by atoms with Crippen molar-refractivity contribution in [1.29, 1.82) is 0 Å². The lowest BCUT2D eigenvalue weighted by Crippen LogP contribution is -2.12. The maximum atomic E-state index is 13.2. The molecule has 0 saturated heterocycles. The number of benzene rings is 1. The third kappa shape index (κ3) is 4.66. The number of aliphatic carboxylic acids is 1. The molecule has 1 aromatic rings.